The molecule has 0 spiro atoms. The van der Waals surface area contributed by atoms with Crippen LogP contribution in [0.2, 0.25) is 0 Å². The van der Waals surface area contributed by atoms with Crippen LogP contribution in [0.5, 0.6) is 11.5 Å². The third-order valence-electron chi connectivity index (χ3n) is 6.04. The Kier molecular flexibility index (Phi) is 6.26. The van der Waals surface area contributed by atoms with Gasteiger partial charge in [0.25, 0.3) is 5.56 Å². The molecule has 1 amide bonds. The first-order valence-corrected chi connectivity index (χ1v) is 11.5. The van der Waals surface area contributed by atoms with Gasteiger partial charge in [0.05, 0.1) is 5.39 Å². The van der Waals surface area contributed by atoms with E-state index in [4.69, 9.17) is 4.74 Å². The Bertz CT molecular complexity index is 1420. The number of carbonyl (C=O) groups is 1. The molecule has 8 nitrogen and oxygen atoms in total. The van der Waals surface area contributed by atoms with Crippen molar-refractivity contribution in [2.24, 2.45) is 0 Å². The summed E-state index contributed by atoms with van der Waals surface area (Å²) in [5, 5.41) is 4.15. The largest absolute Gasteiger partial charge is 0.457 e. The number of amides is 1. The summed E-state index contributed by atoms with van der Waals surface area (Å²) in [4.78, 5) is 38.2. The molecule has 0 bridgehead atoms. The van der Waals surface area contributed by atoms with Crippen LogP contribution in [-0.2, 0) is 4.79 Å². The summed E-state index contributed by atoms with van der Waals surface area (Å²) >= 11 is 0. The van der Waals surface area contributed by atoms with E-state index < -0.39 is 0 Å². The van der Waals surface area contributed by atoms with Crippen LogP contribution < -0.4 is 15.6 Å². The molecule has 1 atom stereocenters. The number of carbonyl (C=O) groups excluding carboxylic acids is 1. The number of piperidine rings is 1. The summed E-state index contributed by atoms with van der Waals surface area (Å²) in [6.07, 6.45) is 4.56. The van der Waals surface area contributed by atoms with Crippen LogP contribution in [0.1, 0.15) is 12.8 Å². The molecule has 4 aromatic rings. The number of hydrogen-bond donors (Lipinski definition) is 2. The van der Waals surface area contributed by atoms with E-state index in [1.165, 1.54) is 12.4 Å². The number of nitrogens with zero attached hydrogens (tertiary/aromatic N) is 3. The number of nitrogens with one attached hydrogen (secondary N) is 2. The summed E-state index contributed by atoms with van der Waals surface area (Å²) in [6.45, 7) is 4.87. The quantitative estimate of drug-likeness (QED) is 0.409. The van der Waals surface area contributed by atoms with Gasteiger partial charge >= 0.3 is 0 Å². The molecule has 0 saturated carbocycles. The average Bonchev–Trinajstić information content (AvgIpc) is 2.89. The highest BCUT2D eigenvalue weighted by molar-refractivity contribution is 5.90. The van der Waals surface area contributed by atoms with Crippen molar-refractivity contribution in [3.8, 4) is 22.6 Å². The van der Waals surface area contributed by atoms with Gasteiger partial charge < -0.3 is 19.9 Å². The average molecular weight is 468 g/mol. The van der Waals surface area contributed by atoms with Crippen molar-refractivity contribution < 1.29 is 9.53 Å². The van der Waals surface area contributed by atoms with E-state index in [1.54, 1.807) is 11.0 Å². The lowest BCUT2D eigenvalue weighted by atomic mass is 10.0. The number of aromatic amines is 1. The van der Waals surface area contributed by atoms with Crippen LogP contribution in [0, 0.1) is 0 Å². The summed E-state index contributed by atoms with van der Waals surface area (Å²) in [5.41, 5.74) is 1.48. The molecule has 0 radical (unpaired) electrons. The Morgan fingerprint density at radius 3 is 2.66 bits per heavy atom. The van der Waals surface area contributed by atoms with Crippen molar-refractivity contribution in [1.82, 2.24) is 19.9 Å². The van der Waals surface area contributed by atoms with E-state index in [0.717, 1.165) is 30.7 Å². The molecule has 2 aromatic carbocycles. The SMILES string of the molecule is C=CC(=O)N1CCC[C@@H](Nc2ncnc3[nH]c(=O)c(-c4ccc(Oc5ccccc5)cc4)cc23)C1. The molecule has 2 N–H and O–H groups in total. The van der Waals surface area contributed by atoms with E-state index in [0.29, 0.717) is 34.7 Å². The fourth-order valence-corrected chi connectivity index (χ4v) is 4.29. The lowest BCUT2D eigenvalue weighted by Gasteiger charge is -2.33. The third kappa shape index (κ3) is 4.91. The topological polar surface area (TPSA) is 100 Å². The van der Waals surface area contributed by atoms with Crippen molar-refractivity contribution in [2.45, 2.75) is 18.9 Å². The number of likely N-dealkylation sites (tertiary alicyclic amines) is 1. The van der Waals surface area contributed by atoms with E-state index in [1.807, 2.05) is 54.6 Å². The normalized spacial score (nSPS) is 15.5. The number of fused-ring (bicyclic) bond motifs is 1. The first-order chi connectivity index (χ1) is 17.1. The highest BCUT2D eigenvalue weighted by Gasteiger charge is 2.23. The zero-order valence-corrected chi connectivity index (χ0v) is 19.1. The molecule has 8 heteroatoms. The second kappa shape index (κ2) is 9.80. The van der Waals surface area contributed by atoms with Gasteiger partial charge in [0.1, 0.15) is 29.3 Å². The van der Waals surface area contributed by atoms with E-state index >= 15 is 0 Å². The van der Waals surface area contributed by atoms with Gasteiger partial charge in [-0.2, -0.15) is 0 Å². The Labute approximate surface area is 202 Å². The standard InChI is InChI=1S/C27H25N5O3/c1-2-24(33)32-14-6-7-19(16-32)30-25-23-15-22(27(34)31-26(23)29-17-28-25)18-10-12-21(13-11-18)35-20-8-4-3-5-9-20/h2-5,8-13,15,17,19H,1,6-7,14,16H2,(H2,28,29,30,31,34)/t19-/m1/s1. The van der Waals surface area contributed by atoms with Crippen molar-refractivity contribution in [3.63, 3.8) is 0 Å². The van der Waals surface area contributed by atoms with Gasteiger partial charge in [-0.3, -0.25) is 9.59 Å². The van der Waals surface area contributed by atoms with Crippen molar-refractivity contribution in [3.05, 3.63) is 90.0 Å². The third-order valence-corrected chi connectivity index (χ3v) is 6.04. The molecule has 0 unspecified atom stereocenters. The Balaban J connectivity index is 1.42. The Morgan fingerprint density at radius 2 is 1.89 bits per heavy atom. The molecule has 1 aliphatic rings. The number of anilines is 1. The first-order valence-electron chi connectivity index (χ1n) is 11.5. The number of para-hydroxylation sites is 1. The van der Waals surface area contributed by atoms with Gasteiger partial charge in [-0.25, -0.2) is 9.97 Å². The van der Waals surface area contributed by atoms with Gasteiger partial charge in [0, 0.05) is 24.7 Å². The second-order valence-corrected chi connectivity index (χ2v) is 8.41. The van der Waals surface area contributed by atoms with E-state index in [2.05, 4.69) is 26.8 Å². The van der Waals surface area contributed by atoms with Gasteiger partial charge in [0.2, 0.25) is 5.91 Å². The number of rotatable bonds is 6. The Hall–Kier alpha value is -4.46. The number of pyridine rings is 1. The monoisotopic (exact) mass is 467 g/mol. The van der Waals surface area contributed by atoms with Crippen LogP contribution in [-0.4, -0.2) is 44.9 Å². The highest BCUT2D eigenvalue weighted by Crippen LogP contribution is 2.27. The highest BCUT2D eigenvalue weighted by atomic mass is 16.5. The number of H-pyrrole nitrogens is 1. The minimum Gasteiger partial charge on any atom is -0.457 e. The Morgan fingerprint density at radius 1 is 1.11 bits per heavy atom. The lowest BCUT2D eigenvalue weighted by Crippen LogP contribution is -2.44. The molecule has 3 heterocycles. The van der Waals surface area contributed by atoms with Crippen LogP contribution in [0.15, 0.2) is 84.4 Å². The molecule has 0 aliphatic carbocycles. The summed E-state index contributed by atoms with van der Waals surface area (Å²) in [5.74, 6) is 1.97. The fraction of sp³-hybridized carbons (Fsp3) is 0.185. The van der Waals surface area contributed by atoms with Crippen molar-refractivity contribution in [1.29, 1.82) is 0 Å². The number of benzene rings is 2. The predicted molar refractivity (Wildman–Crippen MR) is 136 cm³/mol. The maximum atomic E-state index is 12.8. The number of hydrogen-bond acceptors (Lipinski definition) is 6. The number of ether oxygens (including phenoxy) is 1. The maximum absolute atomic E-state index is 12.8. The van der Waals surface area contributed by atoms with E-state index in [9.17, 15) is 9.59 Å². The first kappa shape index (κ1) is 22.3. The predicted octanol–water partition coefficient (Wildman–Crippen LogP) is 4.37. The van der Waals surface area contributed by atoms with Crippen molar-refractivity contribution >= 4 is 22.8 Å². The summed E-state index contributed by atoms with van der Waals surface area (Å²) in [6, 6.07) is 18.7. The maximum Gasteiger partial charge on any atom is 0.257 e. The van der Waals surface area contributed by atoms with E-state index in [-0.39, 0.29) is 17.5 Å². The lowest BCUT2D eigenvalue weighted by molar-refractivity contribution is -0.127. The molecular formula is C27H25N5O3. The molecule has 35 heavy (non-hydrogen) atoms. The molecule has 1 saturated heterocycles. The minimum absolute atomic E-state index is 0.0375. The summed E-state index contributed by atoms with van der Waals surface area (Å²) in [7, 11) is 0. The zero-order valence-electron chi connectivity index (χ0n) is 19.1. The minimum atomic E-state index is -0.237. The molecule has 2 aromatic heterocycles. The second-order valence-electron chi connectivity index (χ2n) is 8.41. The number of aromatic nitrogens is 3. The fourth-order valence-electron chi connectivity index (χ4n) is 4.29. The zero-order chi connectivity index (χ0) is 24.2. The molecular weight excluding hydrogens is 442 g/mol. The van der Waals surface area contributed by atoms with Crippen molar-refractivity contribution in [2.75, 3.05) is 18.4 Å². The molecule has 5 rings (SSSR count). The molecule has 176 valence electrons. The van der Waals surface area contributed by atoms with Gasteiger partial charge in [-0.05, 0) is 54.8 Å². The smallest absolute Gasteiger partial charge is 0.257 e. The van der Waals surface area contributed by atoms with Gasteiger partial charge in [0.15, 0.2) is 0 Å². The van der Waals surface area contributed by atoms with Crippen LogP contribution in [0.25, 0.3) is 22.2 Å². The van der Waals surface area contributed by atoms with Gasteiger partial charge in [-0.1, -0.05) is 36.9 Å². The molecule has 1 aliphatic heterocycles. The van der Waals surface area contributed by atoms with Crippen LogP contribution in [0.4, 0.5) is 5.82 Å². The van der Waals surface area contributed by atoms with Crippen LogP contribution in [0.3, 0.4) is 0 Å². The summed E-state index contributed by atoms with van der Waals surface area (Å²) < 4.78 is 5.86. The molecule has 1 fully saturated rings. The van der Waals surface area contributed by atoms with Gasteiger partial charge in [-0.15, -0.1) is 0 Å². The van der Waals surface area contributed by atoms with Crippen LogP contribution >= 0.6 is 0 Å².